The molecule has 2 unspecified atom stereocenters. The van der Waals surface area contributed by atoms with Gasteiger partial charge in [0.2, 0.25) is 0 Å². The molecule has 2 saturated carbocycles. The highest BCUT2D eigenvalue weighted by molar-refractivity contribution is 6.21. The molecule has 2 aliphatic carbocycles. The van der Waals surface area contributed by atoms with Crippen LogP contribution < -0.4 is 0 Å². The first kappa shape index (κ1) is 13.6. The molecule has 17 heavy (non-hydrogen) atoms. The Hall–Kier alpha value is 0.210. The third-order valence-electron chi connectivity index (χ3n) is 4.41. The van der Waals surface area contributed by atoms with Crippen LogP contribution in [0, 0.1) is 5.41 Å². The van der Waals surface area contributed by atoms with Crippen molar-refractivity contribution in [3.8, 4) is 0 Å². The maximum absolute atomic E-state index is 6.38. The Kier molecular flexibility index (Phi) is 5.13. The van der Waals surface area contributed by atoms with Crippen LogP contribution in [0.5, 0.6) is 0 Å². The van der Waals surface area contributed by atoms with Crippen molar-refractivity contribution in [3.63, 3.8) is 0 Å². The predicted molar refractivity (Wildman–Crippen MR) is 70.6 cm³/mol. The van der Waals surface area contributed by atoms with Crippen LogP contribution in [0.25, 0.3) is 0 Å². The third kappa shape index (κ3) is 2.97. The van der Waals surface area contributed by atoms with Crippen LogP contribution in [-0.4, -0.2) is 31.3 Å². The van der Waals surface area contributed by atoms with Crippen molar-refractivity contribution in [1.29, 1.82) is 0 Å². The molecule has 0 saturated heterocycles. The first-order valence-corrected chi connectivity index (χ1v) is 7.56. The number of hydrogen-bond donors (Lipinski definition) is 0. The molecule has 2 fully saturated rings. The largest absolute Gasteiger partial charge is 0.379 e. The fourth-order valence-electron chi connectivity index (χ4n) is 3.20. The molecule has 0 aliphatic heterocycles. The molecule has 0 aromatic heterocycles. The van der Waals surface area contributed by atoms with Gasteiger partial charge in [-0.2, -0.15) is 0 Å². The van der Waals surface area contributed by atoms with Crippen molar-refractivity contribution in [1.82, 2.24) is 0 Å². The Morgan fingerprint density at radius 2 is 1.94 bits per heavy atom. The highest BCUT2D eigenvalue weighted by Crippen LogP contribution is 2.57. The molecular weight excluding hydrogens is 236 g/mol. The van der Waals surface area contributed by atoms with Gasteiger partial charge in [0.25, 0.3) is 0 Å². The van der Waals surface area contributed by atoms with E-state index >= 15 is 0 Å². The summed E-state index contributed by atoms with van der Waals surface area (Å²) in [4.78, 5) is 0. The SMILES string of the molecule is CCCCOCCOC1CC(Cl)C12CCCC2. The lowest BCUT2D eigenvalue weighted by atomic mass is 9.64. The summed E-state index contributed by atoms with van der Waals surface area (Å²) in [6.07, 6.45) is 8.98. The minimum atomic E-state index is 0.324. The second kappa shape index (κ2) is 6.40. The van der Waals surface area contributed by atoms with Crippen molar-refractivity contribution >= 4 is 11.6 Å². The fourth-order valence-corrected chi connectivity index (χ4v) is 3.72. The monoisotopic (exact) mass is 260 g/mol. The minimum absolute atomic E-state index is 0.324. The zero-order valence-electron chi connectivity index (χ0n) is 10.9. The van der Waals surface area contributed by atoms with Crippen molar-refractivity contribution in [2.75, 3.05) is 19.8 Å². The zero-order chi connectivity index (χ0) is 12.1. The van der Waals surface area contributed by atoms with E-state index in [0.29, 0.717) is 16.9 Å². The molecule has 100 valence electrons. The maximum atomic E-state index is 6.38. The van der Waals surface area contributed by atoms with Crippen LogP contribution >= 0.6 is 11.6 Å². The maximum Gasteiger partial charge on any atom is 0.0704 e. The zero-order valence-corrected chi connectivity index (χ0v) is 11.7. The molecule has 3 heteroatoms. The summed E-state index contributed by atoms with van der Waals surface area (Å²) in [6, 6.07) is 0. The Labute approximate surface area is 110 Å². The molecule has 0 aromatic rings. The molecule has 0 amide bonds. The average molecular weight is 261 g/mol. The van der Waals surface area contributed by atoms with Crippen molar-refractivity contribution < 1.29 is 9.47 Å². The van der Waals surface area contributed by atoms with Crippen LogP contribution in [0.3, 0.4) is 0 Å². The van der Waals surface area contributed by atoms with Gasteiger partial charge < -0.3 is 9.47 Å². The average Bonchev–Trinajstić information content (AvgIpc) is 2.84. The van der Waals surface area contributed by atoms with E-state index in [0.717, 1.165) is 32.7 Å². The summed E-state index contributed by atoms with van der Waals surface area (Å²) < 4.78 is 11.5. The molecule has 2 atom stereocenters. The number of rotatable bonds is 7. The van der Waals surface area contributed by atoms with Crippen molar-refractivity contribution in [2.24, 2.45) is 5.41 Å². The fraction of sp³-hybridized carbons (Fsp3) is 1.00. The highest BCUT2D eigenvalue weighted by atomic mass is 35.5. The van der Waals surface area contributed by atoms with Crippen molar-refractivity contribution in [2.45, 2.75) is 63.4 Å². The number of hydrogen-bond acceptors (Lipinski definition) is 2. The second-order valence-electron chi connectivity index (χ2n) is 5.47. The number of unbranched alkanes of at least 4 members (excludes halogenated alkanes) is 1. The lowest BCUT2D eigenvalue weighted by Gasteiger charge is -2.51. The van der Waals surface area contributed by atoms with E-state index < -0.39 is 0 Å². The molecule has 0 N–H and O–H groups in total. The first-order valence-electron chi connectivity index (χ1n) is 7.13. The van der Waals surface area contributed by atoms with Crippen LogP contribution in [-0.2, 0) is 9.47 Å². The molecule has 2 aliphatic rings. The molecule has 0 aromatic carbocycles. The molecular formula is C14H25ClO2. The number of ether oxygens (including phenoxy) is 2. The Balaban J connectivity index is 1.60. The summed E-state index contributed by atoms with van der Waals surface area (Å²) in [5.41, 5.74) is 0.324. The molecule has 2 nitrogen and oxygen atoms in total. The number of alkyl halides is 1. The summed E-state index contributed by atoms with van der Waals surface area (Å²) >= 11 is 6.38. The Bertz CT molecular complexity index is 226. The quantitative estimate of drug-likeness (QED) is 0.513. The van der Waals surface area contributed by atoms with Crippen LogP contribution in [0.1, 0.15) is 51.9 Å². The minimum Gasteiger partial charge on any atom is -0.379 e. The van der Waals surface area contributed by atoms with Gasteiger partial charge in [0.1, 0.15) is 0 Å². The van der Waals surface area contributed by atoms with Crippen molar-refractivity contribution in [3.05, 3.63) is 0 Å². The molecule has 1 spiro atoms. The normalized spacial score (nSPS) is 30.7. The van der Waals surface area contributed by atoms with Gasteiger partial charge in [0.15, 0.2) is 0 Å². The van der Waals surface area contributed by atoms with Crippen LogP contribution in [0.15, 0.2) is 0 Å². The van der Waals surface area contributed by atoms with Gasteiger partial charge in [-0.1, -0.05) is 26.2 Å². The van der Waals surface area contributed by atoms with Gasteiger partial charge in [0, 0.05) is 17.4 Å². The van der Waals surface area contributed by atoms with E-state index in [1.807, 2.05) is 0 Å². The van der Waals surface area contributed by atoms with Gasteiger partial charge in [-0.15, -0.1) is 11.6 Å². The Morgan fingerprint density at radius 1 is 1.18 bits per heavy atom. The van der Waals surface area contributed by atoms with Gasteiger partial charge in [-0.05, 0) is 25.7 Å². The molecule has 0 bridgehead atoms. The molecule has 0 radical (unpaired) electrons. The topological polar surface area (TPSA) is 18.5 Å². The molecule has 2 rings (SSSR count). The van der Waals surface area contributed by atoms with Gasteiger partial charge in [0.05, 0.1) is 19.3 Å². The predicted octanol–water partition coefficient (Wildman–Crippen LogP) is 3.76. The summed E-state index contributed by atoms with van der Waals surface area (Å²) in [5.74, 6) is 0. The summed E-state index contributed by atoms with van der Waals surface area (Å²) in [6.45, 7) is 4.52. The third-order valence-corrected chi connectivity index (χ3v) is 5.02. The Morgan fingerprint density at radius 3 is 2.59 bits per heavy atom. The highest BCUT2D eigenvalue weighted by Gasteiger charge is 2.55. The molecule has 0 heterocycles. The van der Waals surface area contributed by atoms with E-state index in [4.69, 9.17) is 21.1 Å². The van der Waals surface area contributed by atoms with E-state index in [1.54, 1.807) is 0 Å². The van der Waals surface area contributed by atoms with E-state index in [-0.39, 0.29) is 0 Å². The second-order valence-corrected chi connectivity index (χ2v) is 6.00. The van der Waals surface area contributed by atoms with Gasteiger partial charge >= 0.3 is 0 Å². The first-order chi connectivity index (χ1) is 8.29. The van der Waals surface area contributed by atoms with Gasteiger partial charge in [-0.25, -0.2) is 0 Å². The summed E-state index contributed by atoms with van der Waals surface area (Å²) in [7, 11) is 0. The standard InChI is InChI=1S/C14H25ClO2/c1-2-3-8-16-9-10-17-13-11-12(15)14(13)6-4-5-7-14/h12-13H,2-11H2,1H3. The van der Waals surface area contributed by atoms with E-state index in [1.165, 1.54) is 32.1 Å². The smallest absolute Gasteiger partial charge is 0.0704 e. The number of halogens is 1. The van der Waals surface area contributed by atoms with E-state index in [9.17, 15) is 0 Å². The van der Waals surface area contributed by atoms with Crippen LogP contribution in [0.4, 0.5) is 0 Å². The van der Waals surface area contributed by atoms with Gasteiger partial charge in [-0.3, -0.25) is 0 Å². The van der Waals surface area contributed by atoms with Crippen LogP contribution in [0.2, 0.25) is 0 Å². The van der Waals surface area contributed by atoms with E-state index in [2.05, 4.69) is 6.92 Å². The lowest BCUT2D eigenvalue weighted by Crippen LogP contribution is -2.54. The lowest BCUT2D eigenvalue weighted by molar-refractivity contribution is -0.115. The summed E-state index contributed by atoms with van der Waals surface area (Å²) in [5, 5.41) is 0.357.